The topological polar surface area (TPSA) is 93.2 Å². The minimum absolute atomic E-state index is 0.0615. The van der Waals surface area contributed by atoms with Crippen molar-refractivity contribution in [3.8, 4) is 0 Å². The van der Waals surface area contributed by atoms with Crippen LogP contribution >= 0.6 is 0 Å². The molecule has 2 rings (SSSR count). The van der Waals surface area contributed by atoms with Gasteiger partial charge in [0, 0.05) is 25.9 Å². The number of amides is 2. The molecule has 2 fully saturated rings. The second kappa shape index (κ2) is 11.0. The van der Waals surface area contributed by atoms with Gasteiger partial charge in [-0.15, -0.1) is 0 Å². The Bertz CT molecular complexity index is 529. The van der Waals surface area contributed by atoms with E-state index in [-0.39, 0.29) is 23.8 Å². The van der Waals surface area contributed by atoms with Gasteiger partial charge in [-0.05, 0) is 52.4 Å². The summed E-state index contributed by atoms with van der Waals surface area (Å²) in [5.74, 6) is -0.785. The molecule has 0 aliphatic carbocycles. The maximum absolute atomic E-state index is 12.4. The Morgan fingerprint density at radius 3 is 1.50 bits per heavy atom. The summed E-state index contributed by atoms with van der Waals surface area (Å²) in [6, 6.07) is -0.937. The first-order valence-corrected chi connectivity index (χ1v) is 10.4. The molecule has 2 aliphatic rings. The molecule has 2 saturated heterocycles. The van der Waals surface area contributed by atoms with Crippen LogP contribution in [0.1, 0.15) is 65.2 Å². The van der Waals surface area contributed by atoms with Crippen molar-refractivity contribution < 1.29 is 28.7 Å². The number of carbonyl (C=O) groups is 4. The maximum atomic E-state index is 12.4. The van der Waals surface area contributed by atoms with Crippen molar-refractivity contribution >= 4 is 23.8 Å². The fraction of sp³-hybridized carbons (Fsp3) is 0.800. The molecule has 2 atom stereocenters. The number of unbranched alkanes of at least 4 members (excludes halogenated alkanes) is 1. The van der Waals surface area contributed by atoms with Crippen LogP contribution in [-0.2, 0) is 28.7 Å². The summed E-state index contributed by atoms with van der Waals surface area (Å²) in [5.41, 5.74) is 0. The molecule has 8 nitrogen and oxygen atoms in total. The van der Waals surface area contributed by atoms with E-state index in [0.717, 1.165) is 12.8 Å². The average molecular weight is 396 g/mol. The molecule has 2 aliphatic heterocycles. The minimum atomic E-state index is -0.469. The molecule has 0 spiro atoms. The number of carbonyl (C=O) groups excluding carboxylic acids is 4. The Balaban J connectivity index is 1.73. The predicted octanol–water partition coefficient (Wildman–Crippen LogP) is 1.65. The number of hydrogen-bond acceptors (Lipinski definition) is 6. The highest BCUT2D eigenvalue weighted by Crippen LogP contribution is 2.22. The number of esters is 2. The van der Waals surface area contributed by atoms with Gasteiger partial charge < -0.3 is 19.3 Å². The zero-order valence-corrected chi connectivity index (χ0v) is 17.0. The quantitative estimate of drug-likeness (QED) is 0.435. The van der Waals surface area contributed by atoms with E-state index < -0.39 is 12.1 Å². The molecule has 2 amide bonds. The smallest absolute Gasteiger partial charge is 0.328 e. The zero-order chi connectivity index (χ0) is 20.5. The van der Waals surface area contributed by atoms with Gasteiger partial charge >= 0.3 is 11.9 Å². The van der Waals surface area contributed by atoms with Crippen LogP contribution in [0.2, 0.25) is 0 Å². The SMILES string of the molecule is CCOC(=O)[C@H]1CCCN1C(=O)CCCCC(=O)N1CCC[C@@H]1C(=O)OCC. The van der Waals surface area contributed by atoms with Crippen LogP contribution in [0.15, 0.2) is 0 Å². The number of hydrogen-bond donors (Lipinski definition) is 0. The van der Waals surface area contributed by atoms with Crippen LogP contribution < -0.4 is 0 Å². The third-order valence-corrected chi connectivity index (χ3v) is 5.29. The number of nitrogens with zero attached hydrogens (tertiary/aromatic N) is 2. The normalized spacial score (nSPS) is 21.6. The van der Waals surface area contributed by atoms with Crippen LogP contribution in [-0.4, -0.2) is 71.9 Å². The van der Waals surface area contributed by atoms with Crippen molar-refractivity contribution in [2.24, 2.45) is 0 Å². The highest BCUT2D eigenvalue weighted by Gasteiger charge is 2.36. The Hall–Kier alpha value is -2.12. The van der Waals surface area contributed by atoms with Gasteiger partial charge in [0.2, 0.25) is 11.8 Å². The third kappa shape index (κ3) is 5.69. The molecule has 0 aromatic carbocycles. The van der Waals surface area contributed by atoms with E-state index in [2.05, 4.69) is 0 Å². The molecule has 0 unspecified atom stereocenters. The monoisotopic (exact) mass is 396 g/mol. The van der Waals surface area contributed by atoms with Crippen LogP contribution in [0.5, 0.6) is 0 Å². The van der Waals surface area contributed by atoms with Gasteiger partial charge in [0.05, 0.1) is 13.2 Å². The van der Waals surface area contributed by atoms with E-state index in [0.29, 0.717) is 64.8 Å². The molecule has 0 bridgehead atoms. The summed E-state index contributed by atoms with van der Waals surface area (Å²) in [7, 11) is 0. The molecule has 0 N–H and O–H groups in total. The third-order valence-electron chi connectivity index (χ3n) is 5.29. The summed E-state index contributed by atoms with van der Waals surface area (Å²) in [4.78, 5) is 52.0. The first-order chi connectivity index (χ1) is 13.5. The second-order valence-corrected chi connectivity index (χ2v) is 7.20. The standard InChI is InChI=1S/C20H32N2O6/c1-3-27-19(25)15-9-7-13-21(15)17(23)11-5-6-12-18(24)22-14-8-10-16(22)20(26)28-4-2/h15-16H,3-14H2,1-2H3/t15-,16-/m1/s1. The summed E-state index contributed by atoms with van der Waals surface area (Å²) in [6.07, 6.45) is 4.68. The number of likely N-dealkylation sites (tertiary alicyclic amines) is 2. The first kappa shape index (κ1) is 22.2. The molecule has 158 valence electrons. The minimum Gasteiger partial charge on any atom is -0.464 e. The Labute approximate surface area is 166 Å². The summed E-state index contributed by atoms with van der Waals surface area (Å²) < 4.78 is 10.1. The lowest BCUT2D eigenvalue weighted by Gasteiger charge is -2.24. The van der Waals surface area contributed by atoms with Gasteiger partial charge in [-0.2, -0.15) is 0 Å². The van der Waals surface area contributed by atoms with Gasteiger partial charge in [-0.25, -0.2) is 9.59 Å². The molecule has 0 aromatic heterocycles. The largest absolute Gasteiger partial charge is 0.464 e. The molecular weight excluding hydrogens is 364 g/mol. The fourth-order valence-electron chi connectivity index (χ4n) is 3.94. The van der Waals surface area contributed by atoms with Crippen molar-refractivity contribution in [1.82, 2.24) is 9.80 Å². The van der Waals surface area contributed by atoms with Gasteiger partial charge in [0.15, 0.2) is 0 Å². The second-order valence-electron chi connectivity index (χ2n) is 7.20. The Kier molecular flexibility index (Phi) is 8.73. The molecule has 28 heavy (non-hydrogen) atoms. The summed E-state index contributed by atoms with van der Waals surface area (Å²) in [6.45, 7) is 5.28. The van der Waals surface area contributed by atoms with E-state index in [1.807, 2.05) is 0 Å². The molecular formula is C20H32N2O6. The van der Waals surface area contributed by atoms with E-state index in [1.165, 1.54) is 0 Å². The molecule has 0 aromatic rings. The Morgan fingerprint density at radius 2 is 1.14 bits per heavy atom. The first-order valence-electron chi connectivity index (χ1n) is 10.4. The van der Waals surface area contributed by atoms with Crippen LogP contribution in [0.3, 0.4) is 0 Å². The van der Waals surface area contributed by atoms with Crippen LogP contribution in [0.4, 0.5) is 0 Å². The predicted molar refractivity (Wildman–Crippen MR) is 101 cm³/mol. The van der Waals surface area contributed by atoms with Gasteiger partial charge in [0.25, 0.3) is 0 Å². The highest BCUT2D eigenvalue weighted by atomic mass is 16.5. The van der Waals surface area contributed by atoms with Crippen molar-refractivity contribution in [1.29, 1.82) is 0 Å². The van der Waals surface area contributed by atoms with Crippen molar-refractivity contribution in [3.05, 3.63) is 0 Å². The van der Waals surface area contributed by atoms with E-state index >= 15 is 0 Å². The maximum Gasteiger partial charge on any atom is 0.328 e. The summed E-state index contributed by atoms with van der Waals surface area (Å²) >= 11 is 0. The molecule has 0 radical (unpaired) electrons. The van der Waals surface area contributed by atoms with E-state index in [4.69, 9.17) is 9.47 Å². The van der Waals surface area contributed by atoms with Crippen molar-refractivity contribution in [3.63, 3.8) is 0 Å². The van der Waals surface area contributed by atoms with E-state index in [9.17, 15) is 19.2 Å². The zero-order valence-electron chi connectivity index (χ0n) is 17.0. The van der Waals surface area contributed by atoms with Crippen LogP contribution in [0, 0.1) is 0 Å². The van der Waals surface area contributed by atoms with Crippen molar-refractivity contribution in [2.75, 3.05) is 26.3 Å². The summed E-state index contributed by atoms with van der Waals surface area (Å²) in [5, 5.41) is 0. The van der Waals surface area contributed by atoms with E-state index in [1.54, 1.807) is 23.6 Å². The van der Waals surface area contributed by atoms with Crippen LogP contribution in [0.25, 0.3) is 0 Å². The Morgan fingerprint density at radius 1 is 0.750 bits per heavy atom. The van der Waals surface area contributed by atoms with Crippen molar-refractivity contribution in [2.45, 2.75) is 77.3 Å². The lowest BCUT2D eigenvalue weighted by molar-refractivity contribution is -0.153. The van der Waals surface area contributed by atoms with Gasteiger partial charge in [-0.1, -0.05) is 0 Å². The molecule has 2 heterocycles. The lowest BCUT2D eigenvalue weighted by atomic mass is 10.1. The average Bonchev–Trinajstić information content (AvgIpc) is 3.34. The molecule has 0 saturated carbocycles. The molecule has 8 heteroatoms. The fourth-order valence-corrected chi connectivity index (χ4v) is 3.94. The highest BCUT2D eigenvalue weighted by molar-refractivity contribution is 5.86. The van der Waals surface area contributed by atoms with Gasteiger partial charge in [0.1, 0.15) is 12.1 Å². The lowest BCUT2D eigenvalue weighted by Crippen LogP contribution is -2.41. The number of rotatable bonds is 9. The number of ether oxygens (including phenoxy) is 2. The van der Waals surface area contributed by atoms with Gasteiger partial charge in [-0.3, -0.25) is 9.59 Å².